The molecule has 2 aromatic heterocycles. The summed E-state index contributed by atoms with van der Waals surface area (Å²) in [5.74, 6) is 0.227. The predicted molar refractivity (Wildman–Crippen MR) is 78.6 cm³/mol. The maximum atomic E-state index is 11.6. The molecule has 0 spiro atoms. The molecule has 2 heterocycles. The Bertz CT molecular complexity index is 842. The van der Waals surface area contributed by atoms with Crippen molar-refractivity contribution in [2.75, 3.05) is 7.11 Å². The van der Waals surface area contributed by atoms with Crippen LogP contribution >= 0.6 is 11.6 Å². The van der Waals surface area contributed by atoms with Crippen LogP contribution in [-0.4, -0.2) is 27.6 Å². The first kappa shape index (κ1) is 13.5. The Morgan fingerprint density at radius 3 is 2.86 bits per heavy atom. The minimum Gasteiger partial charge on any atom is -0.508 e. The van der Waals surface area contributed by atoms with E-state index >= 15 is 0 Å². The highest BCUT2D eigenvalue weighted by atomic mass is 35.5. The number of nitrogens with zero attached hydrogens (tertiary/aromatic N) is 2. The van der Waals surface area contributed by atoms with Crippen molar-refractivity contribution in [1.29, 1.82) is 0 Å². The van der Waals surface area contributed by atoms with Gasteiger partial charge in [0.25, 0.3) is 0 Å². The van der Waals surface area contributed by atoms with Crippen molar-refractivity contribution >= 4 is 23.1 Å². The van der Waals surface area contributed by atoms with Gasteiger partial charge in [-0.25, -0.2) is 9.78 Å². The van der Waals surface area contributed by atoms with Gasteiger partial charge in [0.2, 0.25) is 0 Å². The molecule has 0 unspecified atom stereocenters. The number of imidazole rings is 1. The lowest BCUT2D eigenvalue weighted by Crippen LogP contribution is -2.03. The number of carbonyl (C=O) groups is 1. The third-order valence-electron chi connectivity index (χ3n) is 3.12. The number of phenols is 1. The second-order valence-corrected chi connectivity index (χ2v) is 4.80. The minimum atomic E-state index is -0.441. The molecule has 0 aliphatic heterocycles. The molecule has 0 saturated carbocycles. The molecule has 0 radical (unpaired) electrons. The molecule has 0 amide bonds. The van der Waals surface area contributed by atoms with Crippen molar-refractivity contribution in [1.82, 2.24) is 9.38 Å². The number of hydrogen-bond acceptors (Lipinski definition) is 4. The Hall–Kier alpha value is -2.53. The molecule has 106 valence electrons. The molecule has 0 aliphatic rings. The number of hydrogen-bond donors (Lipinski definition) is 1. The molecule has 6 heteroatoms. The fraction of sp³-hybridized carbons (Fsp3) is 0.0667. The largest absolute Gasteiger partial charge is 0.508 e. The number of rotatable bonds is 2. The van der Waals surface area contributed by atoms with Crippen molar-refractivity contribution in [3.05, 3.63) is 53.3 Å². The summed E-state index contributed by atoms with van der Waals surface area (Å²) in [5, 5.41) is 9.91. The monoisotopic (exact) mass is 302 g/mol. The van der Waals surface area contributed by atoms with Crippen molar-refractivity contribution in [3.63, 3.8) is 0 Å². The number of aromatic hydroxyl groups is 1. The fourth-order valence-corrected chi connectivity index (χ4v) is 2.37. The summed E-state index contributed by atoms with van der Waals surface area (Å²) >= 11 is 6.12. The molecule has 0 atom stereocenters. The van der Waals surface area contributed by atoms with E-state index in [1.165, 1.54) is 7.11 Å². The lowest BCUT2D eigenvalue weighted by Gasteiger charge is -2.04. The lowest BCUT2D eigenvalue weighted by atomic mass is 10.2. The Morgan fingerprint density at radius 2 is 2.14 bits per heavy atom. The first-order valence-electron chi connectivity index (χ1n) is 6.15. The number of carbonyl (C=O) groups excluding carboxylic acids is 1. The average molecular weight is 303 g/mol. The molecule has 5 nitrogen and oxygen atoms in total. The number of benzene rings is 1. The van der Waals surface area contributed by atoms with Crippen LogP contribution in [0.3, 0.4) is 0 Å². The summed E-state index contributed by atoms with van der Waals surface area (Å²) < 4.78 is 6.41. The van der Waals surface area contributed by atoms with Gasteiger partial charge in [-0.05, 0) is 24.3 Å². The first-order chi connectivity index (χ1) is 10.1. The van der Waals surface area contributed by atoms with Crippen molar-refractivity contribution in [2.24, 2.45) is 0 Å². The minimum absolute atomic E-state index is 0.129. The number of phenolic OH excluding ortho intramolecular Hbond substituents is 1. The zero-order chi connectivity index (χ0) is 15.0. The van der Waals surface area contributed by atoms with E-state index in [1.54, 1.807) is 47.0 Å². The molecule has 21 heavy (non-hydrogen) atoms. The molecular formula is C15H11ClN2O3. The maximum absolute atomic E-state index is 11.6. The van der Waals surface area contributed by atoms with Gasteiger partial charge in [-0.3, -0.25) is 4.40 Å². The van der Waals surface area contributed by atoms with Gasteiger partial charge >= 0.3 is 5.97 Å². The van der Waals surface area contributed by atoms with Gasteiger partial charge in [-0.15, -0.1) is 0 Å². The molecule has 3 rings (SSSR count). The quantitative estimate of drug-likeness (QED) is 0.739. The van der Waals surface area contributed by atoms with Crippen LogP contribution in [-0.2, 0) is 4.74 Å². The second-order valence-electron chi connectivity index (χ2n) is 4.44. The number of esters is 1. The first-order valence-corrected chi connectivity index (χ1v) is 6.53. The third-order valence-corrected chi connectivity index (χ3v) is 3.40. The van der Waals surface area contributed by atoms with Gasteiger partial charge in [-0.2, -0.15) is 0 Å². The fourth-order valence-electron chi connectivity index (χ4n) is 2.14. The zero-order valence-corrected chi connectivity index (χ0v) is 11.8. The number of fused-ring (bicyclic) bond motifs is 1. The number of aromatic nitrogens is 2. The number of halogens is 1. The normalized spacial score (nSPS) is 10.8. The van der Waals surface area contributed by atoms with Crippen molar-refractivity contribution < 1.29 is 14.6 Å². The van der Waals surface area contributed by atoms with Gasteiger partial charge in [-0.1, -0.05) is 23.7 Å². The molecule has 0 saturated heterocycles. The van der Waals surface area contributed by atoms with Gasteiger partial charge < -0.3 is 9.84 Å². The molecule has 1 N–H and O–H groups in total. The third kappa shape index (κ3) is 2.32. The van der Waals surface area contributed by atoms with E-state index in [0.29, 0.717) is 27.6 Å². The topological polar surface area (TPSA) is 63.8 Å². The smallest absolute Gasteiger partial charge is 0.339 e. The van der Waals surface area contributed by atoms with Crippen LogP contribution in [0.2, 0.25) is 5.15 Å². The van der Waals surface area contributed by atoms with E-state index in [4.69, 9.17) is 16.3 Å². The molecular weight excluding hydrogens is 292 g/mol. The van der Waals surface area contributed by atoms with Crippen molar-refractivity contribution in [3.8, 4) is 17.1 Å². The van der Waals surface area contributed by atoms with Crippen LogP contribution in [0.1, 0.15) is 10.4 Å². The summed E-state index contributed by atoms with van der Waals surface area (Å²) in [4.78, 5) is 15.9. The molecule has 0 aliphatic carbocycles. The van der Waals surface area contributed by atoms with Crippen LogP contribution in [0.5, 0.6) is 5.75 Å². The SMILES string of the molecule is COC(=O)c1ccc2c(Cl)nc(-c3cccc(O)c3)n2c1. The summed E-state index contributed by atoms with van der Waals surface area (Å²) in [5.41, 5.74) is 1.75. The summed E-state index contributed by atoms with van der Waals surface area (Å²) in [6.07, 6.45) is 1.61. The molecule has 0 fully saturated rings. The van der Waals surface area contributed by atoms with Gasteiger partial charge in [0.1, 0.15) is 11.6 Å². The molecule has 1 aromatic carbocycles. The van der Waals surface area contributed by atoms with Gasteiger partial charge in [0.05, 0.1) is 18.2 Å². The van der Waals surface area contributed by atoms with E-state index in [9.17, 15) is 9.90 Å². The Kier molecular flexibility index (Phi) is 3.27. The van der Waals surface area contributed by atoms with E-state index in [2.05, 4.69) is 4.98 Å². The van der Waals surface area contributed by atoms with Crippen LogP contribution in [0.25, 0.3) is 16.9 Å². The standard InChI is InChI=1S/C15H11ClN2O3/c1-21-15(20)10-5-6-12-13(16)17-14(18(12)8-10)9-3-2-4-11(19)7-9/h2-8,19H,1H3. The molecule has 3 aromatic rings. The van der Waals surface area contributed by atoms with Crippen LogP contribution in [0, 0.1) is 0 Å². The molecule has 0 bridgehead atoms. The van der Waals surface area contributed by atoms with Crippen LogP contribution in [0.4, 0.5) is 0 Å². The number of methoxy groups -OCH3 is 1. The predicted octanol–water partition coefficient (Wildman–Crippen LogP) is 3.15. The summed E-state index contributed by atoms with van der Waals surface area (Å²) in [7, 11) is 1.32. The van der Waals surface area contributed by atoms with E-state index in [0.717, 1.165) is 0 Å². The van der Waals surface area contributed by atoms with Crippen molar-refractivity contribution in [2.45, 2.75) is 0 Å². The number of ether oxygens (including phenoxy) is 1. The number of pyridine rings is 1. The van der Waals surface area contributed by atoms with E-state index in [-0.39, 0.29) is 5.75 Å². The highest BCUT2D eigenvalue weighted by Gasteiger charge is 2.14. The Morgan fingerprint density at radius 1 is 1.33 bits per heavy atom. The highest BCUT2D eigenvalue weighted by molar-refractivity contribution is 6.33. The van der Waals surface area contributed by atoms with Crippen LogP contribution < -0.4 is 0 Å². The Labute approximate surface area is 125 Å². The van der Waals surface area contributed by atoms with Gasteiger partial charge in [0.15, 0.2) is 5.15 Å². The maximum Gasteiger partial charge on any atom is 0.339 e. The average Bonchev–Trinajstić information content (AvgIpc) is 2.83. The van der Waals surface area contributed by atoms with Gasteiger partial charge in [0, 0.05) is 11.8 Å². The van der Waals surface area contributed by atoms with E-state index < -0.39 is 5.97 Å². The highest BCUT2D eigenvalue weighted by Crippen LogP contribution is 2.28. The Balaban J connectivity index is 2.25. The lowest BCUT2D eigenvalue weighted by molar-refractivity contribution is 0.0600. The second kappa shape index (κ2) is 5.10. The zero-order valence-electron chi connectivity index (χ0n) is 11.1. The summed E-state index contributed by atoms with van der Waals surface area (Å²) in [6.45, 7) is 0. The summed E-state index contributed by atoms with van der Waals surface area (Å²) in [6, 6.07) is 9.99. The van der Waals surface area contributed by atoms with E-state index in [1.807, 2.05) is 0 Å². The van der Waals surface area contributed by atoms with Crippen LogP contribution in [0.15, 0.2) is 42.6 Å².